The van der Waals surface area contributed by atoms with Gasteiger partial charge in [0.2, 0.25) is 0 Å². The van der Waals surface area contributed by atoms with Gasteiger partial charge in [0, 0.05) is 19.7 Å². The fourth-order valence-electron chi connectivity index (χ4n) is 1.22. The molecule has 0 aliphatic heterocycles. The molecular formula is C10H16ClN3. The number of hydrogen-bond acceptors (Lipinski definition) is 3. The third kappa shape index (κ3) is 3.14. The molecule has 0 spiro atoms. The van der Waals surface area contributed by atoms with Crippen LogP contribution < -0.4 is 4.90 Å². The number of aryl methyl sites for hydroxylation is 1. The van der Waals surface area contributed by atoms with E-state index in [0.29, 0.717) is 5.15 Å². The molecule has 0 aromatic carbocycles. The van der Waals surface area contributed by atoms with Crippen molar-refractivity contribution in [3.8, 4) is 0 Å². The molecule has 0 amide bonds. The van der Waals surface area contributed by atoms with E-state index in [9.17, 15) is 0 Å². The summed E-state index contributed by atoms with van der Waals surface area (Å²) < 4.78 is 0. The molecular weight excluding hydrogens is 198 g/mol. The molecule has 3 nitrogen and oxygen atoms in total. The van der Waals surface area contributed by atoms with Crippen molar-refractivity contribution < 1.29 is 0 Å². The summed E-state index contributed by atoms with van der Waals surface area (Å²) in [4.78, 5) is 10.4. The summed E-state index contributed by atoms with van der Waals surface area (Å²) in [5.74, 6) is 1.62. The van der Waals surface area contributed by atoms with E-state index in [0.717, 1.165) is 24.6 Å². The minimum atomic E-state index is 0.510. The van der Waals surface area contributed by atoms with Crippen LogP contribution in [0.3, 0.4) is 0 Å². The second-order valence-corrected chi connectivity index (χ2v) is 3.76. The van der Waals surface area contributed by atoms with Crippen LogP contribution in [0, 0.1) is 6.92 Å². The van der Waals surface area contributed by atoms with E-state index in [4.69, 9.17) is 11.6 Å². The lowest BCUT2D eigenvalue weighted by Crippen LogP contribution is -2.20. The first-order chi connectivity index (χ1) is 6.63. The highest BCUT2D eigenvalue weighted by atomic mass is 35.5. The average Bonchev–Trinajstić information content (AvgIpc) is 2.12. The molecule has 14 heavy (non-hydrogen) atoms. The maximum Gasteiger partial charge on any atom is 0.134 e. The van der Waals surface area contributed by atoms with E-state index < -0.39 is 0 Å². The lowest BCUT2D eigenvalue weighted by molar-refractivity contribution is 0.756. The smallest absolute Gasteiger partial charge is 0.134 e. The van der Waals surface area contributed by atoms with Crippen LogP contribution in [0.2, 0.25) is 5.15 Å². The molecule has 1 aromatic heterocycles. The van der Waals surface area contributed by atoms with Gasteiger partial charge in [0.05, 0.1) is 0 Å². The summed E-state index contributed by atoms with van der Waals surface area (Å²) in [6, 6.07) is 1.80. The first-order valence-electron chi connectivity index (χ1n) is 4.85. The van der Waals surface area contributed by atoms with Crippen LogP contribution in [0.5, 0.6) is 0 Å². The highest BCUT2D eigenvalue weighted by molar-refractivity contribution is 6.29. The van der Waals surface area contributed by atoms with Crippen LogP contribution in [-0.2, 0) is 0 Å². The van der Waals surface area contributed by atoms with Crippen molar-refractivity contribution >= 4 is 17.4 Å². The summed E-state index contributed by atoms with van der Waals surface area (Å²) in [6.07, 6.45) is 2.35. The van der Waals surface area contributed by atoms with Crippen molar-refractivity contribution in [2.75, 3.05) is 18.5 Å². The fourth-order valence-corrected chi connectivity index (χ4v) is 1.44. The van der Waals surface area contributed by atoms with Crippen molar-refractivity contribution in [2.45, 2.75) is 26.7 Å². The maximum absolute atomic E-state index is 5.85. The molecule has 0 aliphatic carbocycles. The first kappa shape index (κ1) is 11.2. The molecule has 1 heterocycles. The van der Waals surface area contributed by atoms with Gasteiger partial charge >= 0.3 is 0 Å². The zero-order chi connectivity index (χ0) is 10.6. The van der Waals surface area contributed by atoms with Crippen LogP contribution in [0.1, 0.15) is 25.6 Å². The molecule has 0 unspecified atom stereocenters. The largest absolute Gasteiger partial charge is 0.360 e. The van der Waals surface area contributed by atoms with Gasteiger partial charge in [0.15, 0.2) is 0 Å². The Labute approximate surface area is 90.1 Å². The Bertz CT molecular complexity index is 281. The number of rotatable bonds is 4. The molecule has 1 aromatic rings. The summed E-state index contributed by atoms with van der Waals surface area (Å²) in [5.41, 5.74) is 0. The minimum absolute atomic E-state index is 0.510. The van der Waals surface area contributed by atoms with Crippen LogP contribution >= 0.6 is 11.6 Å². The van der Waals surface area contributed by atoms with Gasteiger partial charge in [0.1, 0.15) is 16.8 Å². The Hall–Kier alpha value is -0.830. The van der Waals surface area contributed by atoms with Gasteiger partial charge in [-0.25, -0.2) is 9.97 Å². The topological polar surface area (TPSA) is 29.0 Å². The van der Waals surface area contributed by atoms with E-state index in [2.05, 4.69) is 21.8 Å². The Morgan fingerprint density at radius 1 is 1.43 bits per heavy atom. The van der Waals surface area contributed by atoms with Crippen LogP contribution in [0.15, 0.2) is 6.07 Å². The number of anilines is 1. The average molecular weight is 214 g/mol. The van der Waals surface area contributed by atoms with E-state index >= 15 is 0 Å². The number of hydrogen-bond donors (Lipinski definition) is 0. The van der Waals surface area contributed by atoms with Crippen molar-refractivity contribution in [1.82, 2.24) is 9.97 Å². The molecule has 0 saturated carbocycles. The first-order valence-corrected chi connectivity index (χ1v) is 5.23. The molecule has 0 bridgehead atoms. The second kappa shape index (κ2) is 5.15. The lowest BCUT2D eigenvalue weighted by atomic mass is 10.3. The molecule has 4 heteroatoms. The number of aromatic nitrogens is 2. The quantitative estimate of drug-likeness (QED) is 0.721. The summed E-state index contributed by atoms with van der Waals surface area (Å²) in [7, 11) is 2.02. The Morgan fingerprint density at radius 2 is 2.14 bits per heavy atom. The zero-order valence-corrected chi connectivity index (χ0v) is 9.67. The van der Waals surface area contributed by atoms with Crippen molar-refractivity contribution in [2.24, 2.45) is 0 Å². The molecule has 0 saturated heterocycles. The minimum Gasteiger partial charge on any atom is -0.360 e. The Kier molecular flexibility index (Phi) is 4.14. The van der Waals surface area contributed by atoms with Gasteiger partial charge in [-0.1, -0.05) is 24.9 Å². The zero-order valence-electron chi connectivity index (χ0n) is 8.92. The SMILES string of the molecule is CCCCN(C)c1cc(Cl)nc(C)n1. The normalized spacial score (nSPS) is 10.3. The number of halogens is 1. The molecule has 0 atom stereocenters. The van der Waals surface area contributed by atoms with Gasteiger partial charge in [-0.2, -0.15) is 0 Å². The van der Waals surface area contributed by atoms with Gasteiger partial charge in [-0.3, -0.25) is 0 Å². The lowest BCUT2D eigenvalue weighted by Gasteiger charge is -2.17. The Morgan fingerprint density at radius 3 is 2.71 bits per heavy atom. The van der Waals surface area contributed by atoms with Gasteiger partial charge in [0.25, 0.3) is 0 Å². The predicted molar refractivity (Wildman–Crippen MR) is 60.0 cm³/mol. The molecule has 78 valence electrons. The summed E-state index contributed by atoms with van der Waals surface area (Å²) >= 11 is 5.85. The summed E-state index contributed by atoms with van der Waals surface area (Å²) in [5, 5.41) is 0.510. The number of unbranched alkanes of at least 4 members (excludes halogenated alkanes) is 1. The van der Waals surface area contributed by atoms with Crippen LogP contribution in [-0.4, -0.2) is 23.6 Å². The van der Waals surface area contributed by atoms with Crippen molar-refractivity contribution in [3.05, 3.63) is 17.0 Å². The van der Waals surface area contributed by atoms with Crippen molar-refractivity contribution in [3.63, 3.8) is 0 Å². The molecule has 1 rings (SSSR count). The molecule has 0 fully saturated rings. The molecule has 0 aliphatic rings. The third-order valence-electron chi connectivity index (χ3n) is 2.03. The number of nitrogens with zero attached hydrogens (tertiary/aromatic N) is 3. The third-order valence-corrected chi connectivity index (χ3v) is 2.22. The van der Waals surface area contributed by atoms with Gasteiger partial charge in [-0.15, -0.1) is 0 Å². The fraction of sp³-hybridized carbons (Fsp3) is 0.600. The van der Waals surface area contributed by atoms with Crippen molar-refractivity contribution in [1.29, 1.82) is 0 Å². The molecule has 0 N–H and O–H groups in total. The van der Waals surface area contributed by atoms with E-state index in [1.54, 1.807) is 6.07 Å². The highest BCUT2D eigenvalue weighted by Crippen LogP contribution is 2.14. The van der Waals surface area contributed by atoms with Crippen LogP contribution in [0.4, 0.5) is 5.82 Å². The summed E-state index contributed by atoms with van der Waals surface area (Å²) in [6.45, 7) is 5.03. The Balaban J connectivity index is 2.73. The van der Waals surface area contributed by atoms with Gasteiger partial charge in [-0.05, 0) is 13.3 Å². The second-order valence-electron chi connectivity index (χ2n) is 3.37. The van der Waals surface area contributed by atoms with Gasteiger partial charge < -0.3 is 4.90 Å². The van der Waals surface area contributed by atoms with Crippen LogP contribution in [0.25, 0.3) is 0 Å². The highest BCUT2D eigenvalue weighted by Gasteiger charge is 2.04. The standard InChI is InChI=1S/C10H16ClN3/c1-4-5-6-14(3)10-7-9(11)12-8(2)13-10/h7H,4-6H2,1-3H3. The predicted octanol–water partition coefficient (Wildman–Crippen LogP) is 2.67. The molecule has 0 radical (unpaired) electrons. The van der Waals surface area contributed by atoms with E-state index in [-0.39, 0.29) is 0 Å². The van der Waals surface area contributed by atoms with E-state index in [1.807, 2.05) is 14.0 Å². The monoisotopic (exact) mass is 213 g/mol. The maximum atomic E-state index is 5.85. The van der Waals surface area contributed by atoms with E-state index in [1.165, 1.54) is 6.42 Å².